The van der Waals surface area contributed by atoms with Gasteiger partial charge in [0.1, 0.15) is 0 Å². The van der Waals surface area contributed by atoms with Gasteiger partial charge in [0.05, 0.1) is 6.54 Å². The zero-order valence-corrected chi connectivity index (χ0v) is 10.5. The largest absolute Gasteiger partial charge is 0.327 e. The summed E-state index contributed by atoms with van der Waals surface area (Å²) in [5, 5.41) is 0. The molecule has 0 spiro atoms. The third-order valence-corrected chi connectivity index (χ3v) is 3.00. The Balaban J connectivity index is 2.41. The van der Waals surface area contributed by atoms with Crippen molar-refractivity contribution in [2.24, 2.45) is 5.73 Å². The van der Waals surface area contributed by atoms with E-state index in [4.69, 9.17) is 5.73 Å². The quantitative estimate of drug-likeness (QED) is 0.574. The highest BCUT2D eigenvalue weighted by Crippen LogP contribution is 2.18. The molecule has 17 heavy (non-hydrogen) atoms. The zero-order valence-electron chi connectivity index (χ0n) is 10.5. The van der Waals surface area contributed by atoms with E-state index in [1.54, 1.807) is 0 Å². The number of rotatable bonds is 3. The summed E-state index contributed by atoms with van der Waals surface area (Å²) in [6.45, 7) is 4.49. The summed E-state index contributed by atoms with van der Waals surface area (Å²) in [4.78, 5) is 24.3. The van der Waals surface area contributed by atoms with Crippen LogP contribution in [0.5, 0.6) is 0 Å². The highest BCUT2D eigenvalue weighted by molar-refractivity contribution is 5.81. The van der Waals surface area contributed by atoms with Crippen molar-refractivity contribution < 1.29 is 9.59 Å². The van der Waals surface area contributed by atoms with Gasteiger partial charge >= 0.3 is 0 Å². The first-order valence-electron chi connectivity index (χ1n) is 6.05. The van der Waals surface area contributed by atoms with E-state index < -0.39 is 0 Å². The van der Waals surface area contributed by atoms with Crippen LogP contribution in [0.3, 0.4) is 0 Å². The maximum Gasteiger partial charge on any atom is 0.252 e. The van der Waals surface area contributed by atoms with Gasteiger partial charge in [-0.3, -0.25) is 25.3 Å². The van der Waals surface area contributed by atoms with Crippen molar-refractivity contribution in [3.8, 4) is 0 Å². The van der Waals surface area contributed by atoms with Crippen LogP contribution in [-0.2, 0) is 9.59 Å². The van der Waals surface area contributed by atoms with Crippen LogP contribution >= 0.6 is 0 Å². The minimum atomic E-state index is -0.277. The summed E-state index contributed by atoms with van der Waals surface area (Å²) in [5.74, 6) is -0.478. The number of carbonyl (C=O) groups excluding carboxylic acids is 2. The van der Waals surface area contributed by atoms with Crippen LogP contribution in [0.2, 0.25) is 0 Å². The summed E-state index contributed by atoms with van der Waals surface area (Å²) in [6, 6.07) is 0.315. The lowest BCUT2D eigenvalue weighted by molar-refractivity contribution is -0.129. The first-order chi connectivity index (χ1) is 8.00. The molecular weight excluding hydrogens is 220 g/mol. The first-order valence-corrected chi connectivity index (χ1v) is 6.05. The van der Waals surface area contributed by atoms with E-state index in [0.717, 1.165) is 25.8 Å². The van der Waals surface area contributed by atoms with Crippen LogP contribution in [-0.4, -0.2) is 41.9 Å². The molecule has 0 aromatic heterocycles. The standard InChI is InChI=1S/C11H22N4O2/c1-8(12)10-5-3-4-6-15(10)7-11(17)14-13-9(2)16/h8,10H,3-7,12H2,1-2H3,(H,13,16)(H,14,17). The Bertz CT molecular complexity index is 281. The highest BCUT2D eigenvalue weighted by Gasteiger charge is 2.26. The van der Waals surface area contributed by atoms with Crippen LogP contribution in [0.25, 0.3) is 0 Å². The number of amides is 2. The van der Waals surface area contributed by atoms with Gasteiger partial charge in [-0.2, -0.15) is 0 Å². The molecule has 0 aliphatic carbocycles. The van der Waals surface area contributed by atoms with Crippen LogP contribution in [0.4, 0.5) is 0 Å². The number of nitrogens with one attached hydrogen (secondary N) is 2. The molecule has 1 fully saturated rings. The zero-order chi connectivity index (χ0) is 12.8. The number of nitrogens with two attached hydrogens (primary N) is 1. The summed E-state index contributed by atoms with van der Waals surface area (Å²) >= 11 is 0. The third-order valence-electron chi connectivity index (χ3n) is 3.00. The molecule has 1 aliphatic rings. The molecule has 0 aromatic rings. The average Bonchev–Trinajstić information content (AvgIpc) is 2.27. The van der Waals surface area contributed by atoms with Crippen molar-refractivity contribution in [1.82, 2.24) is 15.8 Å². The molecule has 1 aliphatic heterocycles. The average molecular weight is 242 g/mol. The van der Waals surface area contributed by atoms with E-state index in [1.807, 2.05) is 6.92 Å². The van der Waals surface area contributed by atoms with E-state index in [1.165, 1.54) is 6.92 Å². The molecule has 98 valence electrons. The van der Waals surface area contributed by atoms with Gasteiger partial charge in [0, 0.05) is 19.0 Å². The molecule has 0 radical (unpaired) electrons. The Morgan fingerprint density at radius 1 is 1.41 bits per heavy atom. The Morgan fingerprint density at radius 2 is 2.12 bits per heavy atom. The monoisotopic (exact) mass is 242 g/mol. The maximum atomic E-state index is 11.6. The SMILES string of the molecule is CC(=O)NNC(=O)CN1CCCCC1C(C)N. The van der Waals surface area contributed by atoms with Gasteiger partial charge in [-0.1, -0.05) is 6.42 Å². The molecule has 0 aromatic carbocycles. The molecule has 1 saturated heterocycles. The van der Waals surface area contributed by atoms with Crippen molar-refractivity contribution in [2.45, 2.75) is 45.2 Å². The molecule has 0 saturated carbocycles. The number of nitrogens with zero attached hydrogens (tertiary/aromatic N) is 1. The van der Waals surface area contributed by atoms with E-state index in [9.17, 15) is 9.59 Å². The molecule has 2 unspecified atom stereocenters. The van der Waals surface area contributed by atoms with Gasteiger partial charge in [-0.15, -0.1) is 0 Å². The van der Waals surface area contributed by atoms with E-state index in [0.29, 0.717) is 0 Å². The number of carbonyl (C=O) groups is 2. The van der Waals surface area contributed by atoms with E-state index in [-0.39, 0.29) is 30.4 Å². The second-order valence-electron chi connectivity index (χ2n) is 4.62. The number of hydrogen-bond acceptors (Lipinski definition) is 4. The molecule has 1 rings (SSSR count). The molecule has 6 nitrogen and oxygen atoms in total. The van der Waals surface area contributed by atoms with Crippen LogP contribution in [0.1, 0.15) is 33.1 Å². The van der Waals surface area contributed by atoms with Gasteiger partial charge in [0.25, 0.3) is 5.91 Å². The summed E-state index contributed by atoms with van der Waals surface area (Å²) in [6.07, 6.45) is 3.29. The molecular formula is C11H22N4O2. The first kappa shape index (κ1) is 13.9. The number of hydrogen-bond donors (Lipinski definition) is 3. The van der Waals surface area contributed by atoms with Gasteiger partial charge < -0.3 is 5.73 Å². The fraction of sp³-hybridized carbons (Fsp3) is 0.818. The highest BCUT2D eigenvalue weighted by atomic mass is 16.2. The topological polar surface area (TPSA) is 87.5 Å². The van der Waals surface area contributed by atoms with Gasteiger partial charge in [-0.05, 0) is 26.3 Å². The number of hydrazine groups is 1. The minimum Gasteiger partial charge on any atom is -0.327 e. The second kappa shape index (κ2) is 6.56. The molecule has 2 atom stereocenters. The van der Waals surface area contributed by atoms with Crippen LogP contribution in [0.15, 0.2) is 0 Å². The van der Waals surface area contributed by atoms with Crippen LogP contribution in [0, 0.1) is 0 Å². The third kappa shape index (κ3) is 4.70. The Kier molecular flexibility index (Phi) is 5.37. The molecule has 6 heteroatoms. The lowest BCUT2D eigenvalue weighted by Gasteiger charge is -2.37. The lowest BCUT2D eigenvalue weighted by atomic mass is 9.97. The molecule has 2 amide bonds. The second-order valence-corrected chi connectivity index (χ2v) is 4.62. The lowest BCUT2D eigenvalue weighted by Crippen LogP contribution is -2.53. The molecule has 0 bridgehead atoms. The molecule has 4 N–H and O–H groups in total. The number of likely N-dealkylation sites (tertiary alicyclic amines) is 1. The summed E-state index contributed by atoms with van der Waals surface area (Å²) in [7, 11) is 0. The van der Waals surface area contributed by atoms with Crippen LogP contribution < -0.4 is 16.6 Å². The van der Waals surface area contributed by atoms with Crippen molar-refractivity contribution in [1.29, 1.82) is 0 Å². The predicted octanol–water partition coefficient (Wildman–Crippen LogP) is -0.645. The predicted molar refractivity (Wildman–Crippen MR) is 64.8 cm³/mol. The summed E-state index contributed by atoms with van der Waals surface area (Å²) in [5.41, 5.74) is 10.6. The summed E-state index contributed by atoms with van der Waals surface area (Å²) < 4.78 is 0. The fourth-order valence-electron chi connectivity index (χ4n) is 2.19. The normalized spacial score (nSPS) is 22.9. The fourth-order valence-corrected chi connectivity index (χ4v) is 2.19. The molecule has 1 heterocycles. The van der Waals surface area contributed by atoms with Crippen molar-refractivity contribution in [2.75, 3.05) is 13.1 Å². The maximum absolute atomic E-state index is 11.6. The smallest absolute Gasteiger partial charge is 0.252 e. The Morgan fingerprint density at radius 3 is 2.71 bits per heavy atom. The minimum absolute atomic E-state index is 0.0591. The van der Waals surface area contributed by atoms with Gasteiger partial charge in [0.15, 0.2) is 0 Å². The Labute approximate surface area is 102 Å². The Hall–Kier alpha value is -1.14. The van der Waals surface area contributed by atoms with Crippen molar-refractivity contribution in [3.05, 3.63) is 0 Å². The van der Waals surface area contributed by atoms with Gasteiger partial charge in [-0.25, -0.2) is 0 Å². The van der Waals surface area contributed by atoms with Crippen molar-refractivity contribution >= 4 is 11.8 Å². The van der Waals surface area contributed by atoms with E-state index in [2.05, 4.69) is 15.8 Å². The van der Waals surface area contributed by atoms with Gasteiger partial charge in [0.2, 0.25) is 5.91 Å². The van der Waals surface area contributed by atoms with E-state index >= 15 is 0 Å². The van der Waals surface area contributed by atoms with Crippen molar-refractivity contribution in [3.63, 3.8) is 0 Å². The number of piperidine rings is 1.